The minimum Gasteiger partial charge on any atom is -0.386 e. The van der Waals surface area contributed by atoms with Gasteiger partial charge >= 0.3 is 6.03 Å². The SMILES string of the molecule is N=C/C(=C\NC1CCOCC1)Nc1ncc2c(n1)-c1ccccc1NC(=O)N2. The fourth-order valence-corrected chi connectivity index (χ4v) is 3.13. The Balaban J connectivity index is 1.57. The van der Waals surface area contributed by atoms with Gasteiger partial charge in [-0.25, -0.2) is 14.8 Å². The minimum absolute atomic E-state index is 0.326. The van der Waals surface area contributed by atoms with E-state index in [1.54, 1.807) is 12.4 Å². The number of hydrogen-bond acceptors (Lipinski definition) is 7. The Hall–Kier alpha value is -3.46. The maximum Gasteiger partial charge on any atom is 0.323 e. The molecule has 0 radical (unpaired) electrons. The van der Waals surface area contributed by atoms with E-state index in [0.717, 1.165) is 31.6 Å². The Bertz CT molecular complexity index is 922. The maximum atomic E-state index is 12.0. The summed E-state index contributed by atoms with van der Waals surface area (Å²) in [6.07, 6.45) is 6.38. The molecule has 0 atom stereocenters. The maximum absolute atomic E-state index is 12.0. The molecule has 9 nitrogen and oxygen atoms in total. The highest BCUT2D eigenvalue weighted by molar-refractivity contribution is 6.07. The third-order valence-corrected chi connectivity index (χ3v) is 4.57. The smallest absolute Gasteiger partial charge is 0.323 e. The molecule has 1 aromatic carbocycles. The van der Waals surface area contributed by atoms with Crippen LogP contribution in [-0.2, 0) is 4.74 Å². The summed E-state index contributed by atoms with van der Waals surface area (Å²) in [5.41, 5.74) is 3.13. The van der Waals surface area contributed by atoms with Gasteiger partial charge in [0, 0.05) is 37.2 Å². The summed E-state index contributed by atoms with van der Waals surface area (Å²) in [5.74, 6) is 0.341. The van der Waals surface area contributed by atoms with Gasteiger partial charge in [0.15, 0.2) is 0 Å². The van der Waals surface area contributed by atoms with Crippen LogP contribution in [0.5, 0.6) is 0 Å². The van der Waals surface area contributed by atoms with Crippen LogP contribution in [0.3, 0.4) is 0 Å². The summed E-state index contributed by atoms with van der Waals surface area (Å²) in [4.78, 5) is 20.8. The van der Waals surface area contributed by atoms with Gasteiger partial charge in [-0.05, 0) is 18.9 Å². The number of hydrogen-bond donors (Lipinski definition) is 5. The van der Waals surface area contributed by atoms with E-state index in [-0.39, 0.29) is 6.03 Å². The molecule has 0 unspecified atom stereocenters. The number of allylic oxidation sites excluding steroid dienone is 1. The van der Waals surface area contributed by atoms with Crippen molar-refractivity contribution in [1.29, 1.82) is 5.41 Å². The van der Waals surface area contributed by atoms with E-state index in [0.29, 0.717) is 34.8 Å². The van der Waals surface area contributed by atoms with Crippen molar-refractivity contribution in [3.8, 4) is 11.3 Å². The van der Waals surface area contributed by atoms with Crippen molar-refractivity contribution in [2.45, 2.75) is 18.9 Å². The summed E-state index contributed by atoms with van der Waals surface area (Å²) < 4.78 is 5.35. The number of carbonyl (C=O) groups excluding carboxylic acids is 1. The standard InChI is InChI=1S/C19H21N7O2/c20-9-13(10-21-12-5-7-28-8-6-12)23-18-22-11-16-17(26-18)14-3-1-2-4-15(14)24-19(27)25-16/h1-4,9-12,20-21H,5-8H2,(H,22,23,26)(H2,24,25,27)/b13-10+,20-9?. The zero-order valence-corrected chi connectivity index (χ0v) is 15.2. The number of amides is 2. The number of para-hydroxylation sites is 1. The zero-order chi connectivity index (χ0) is 19.3. The van der Waals surface area contributed by atoms with Crippen molar-refractivity contribution in [3.63, 3.8) is 0 Å². The fourth-order valence-electron chi connectivity index (χ4n) is 3.13. The van der Waals surface area contributed by atoms with Crippen molar-refractivity contribution in [2.24, 2.45) is 0 Å². The second-order valence-electron chi connectivity index (χ2n) is 6.50. The van der Waals surface area contributed by atoms with Gasteiger partial charge in [-0.2, -0.15) is 0 Å². The molecule has 4 rings (SSSR count). The molecule has 1 fully saturated rings. The molecule has 1 saturated heterocycles. The van der Waals surface area contributed by atoms with Crippen LogP contribution in [0.15, 0.2) is 42.4 Å². The highest BCUT2D eigenvalue weighted by Crippen LogP contribution is 2.34. The number of nitrogens with one attached hydrogen (secondary N) is 5. The first-order valence-electron chi connectivity index (χ1n) is 9.09. The number of nitrogens with zero attached hydrogens (tertiary/aromatic N) is 2. The third kappa shape index (κ3) is 3.94. The van der Waals surface area contributed by atoms with E-state index < -0.39 is 0 Å². The fraction of sp³-hybridized carbons (Fsp3) is 0.263. The lowest BCUT2D eigenvalue weighted by molar-refractivity contribution is 0.0812. The summed E-state index contributed by atoms with van der Waals surface area (Å²) in [5, 5.41) is 19.5. The van der Waals surface area contributed by atoms with Gasteiger partial charge < -0.3 is 31.4 Å². The normalized spacial score (nSPS) is 16.7. The summed E-state index contributed by atoms with van der Waals surface area (Å²) in [6.45, 7) is 1.48. The Morgan fingerprint density at radius 2 is 2.00 bits per heavy atom. The van der Waals surface area contributed by atoms with Gasteiger partial charge in [0.05, 0.1) is 23.3 Å². The van der Waals surface area contributed by atoms with Crippen molar-refractivity contribution in [3.05, 3.63) is 42.4 Å². The number of ether oxygens (including phenoxy) is 1. The molecule has 2 aliphatic rings. The van der Waals surface area contributed by atoms with Crippen LogP contribution in [0.1, 0.15) is 12.8 Å². The van der Waals surface area contributed by atoms with E-state index in [9.17, 15) is 4.79 Å². The topological polar surface area (TPSA) is 124 Å². The van der Waals surface area contributed by atoms with E-state index in [1.165, 1.54) is 6.21 Å². The predicted octanol–water partition coefficient (Wildman–Crippen LogP) is 2.77. The monoisotopic (exact) mass is 379 g/mol. The molecule has 1 aromatic heterocycles. The van der Waals surface area contributed by atoms with Gasteiger partial charge in [-0.1, -0.05) is 18.2 Å². The molecule has 2 amide bonds. The van der Waals surface area contributed by atoms with E-state index in [1.807, 2.05) is 24.3 Å². The molecule has 2 aliphatic heterocycles. The molecule has 3 heterocycles. The summed E-state index contributed by atoms with van der Waals surface area (Å²) in [6, 6.07) is 7.43. The van der Waals surface area contributed by atoms with Crippen LogP contribution in [-0.4, -0.2) is 41.5 Å². The third-order valence-electron chi connectivity index (χ3n) is 4.57. The molecule has 9 heteroatoms. The molecular formula is C19H21N7O2. The molecular weight excluding hydrogens is 358 g/mol. The first kappa shape index (κ1) is 17.9. The molecule has 144 valence electrons. The number of carbonyl (C=O) groups is 1. The quantitative estimate of drug-likeness (QED) is 0.509. The van der Waals surface area contributed by atoms with Crippen LogP contribution < -0.4 is 21.3 Å². The summed E-state index contributed by atoms with van der Waals surface area (Å²) in [7, 11) is 0. The van der Waals surface area contributed by atoms with Gasteiger partial charge in [0.25, 0.3) is 0 Å². The lowest BCUT2D eigenvalue weighted by Crippen LogP contribution is -2.32. The molecule has 0 saturated carbocycles. The number of fused-ring (bicyclic) bond motifs is 3. The van der Waals surface area contributed by atoms with Crippen molar-refractivity contribution in [1.82, 2.24) is 15.3 Å². The van der Waals surface area contributed by atoms with Crippen LogP contribution in [0, 0.1) is 5.41 Å². The second kappa shape index (κ2) is 8.05. The average molecular weight is 379 g/mol. The number of aromatic nitrogens is 2. The van der Waals surface area contributed by atoms with Crippen molar-refractivity contribution < 1.29 is 9.53 Å². The van der Waals surface area contributed by atoms with Gasteiger partial charge in [0.2, 0.25) is 5.95 Å². The van der Waals surface area contributed by atoms with E-state index in [4.69, 9.17) is 10.1 Å². The molecule has 5 N–H and O–H groups in total. The molecule has 0 spiro atoms. The largest absolute Gasteiger partial charge is 0.386 e. The van der Waals surface area contributed by atoms with Crippen molar-refractivity contribution >= 4 is 29.6 Å². The number of anilines is 3. The van der Waals surface area contributed by atoms with Crippen LogP contribution in [0.25, 0.3) is 11.3 Å². The van der Waals surface area contributed by atoms with Gasteiger partial charge in [0.1, 0.15) is 5.69 Å². The second-order valence-corrected chi connectivity index (χ2v) is 6.50. The Morgan fingerprint density at radius 3 is 2.82 bits per heavy atom. The Labute approximate surface area is 162 Å². The van der Waals surface area contributed by atoms with E-state index >= 15 is 0 Å². The van der Waals surface area contributed by atoms with Gasteiger partial charge in [-0.15, -0.1) is 0 Å². The number of urea groups is 1. The van der Waals surface area contributed by atoms with Crippen molar-refractivity contribution in [2.75, 3.05) is 29.2 Å². The van der Waals surface area contributed by atoms with E-state index in [2.05, 4.69) is 31.2 Å². The first-order chi connectivity index (χ1) is 13.7. The lowest BCUT2D eigenvalue weighted by Gasteiger charge is -2.22. The highest BCUT2D eigenvalue weighted by atomic mass is 16.5. The van der Waals surface area contributed by atoms with Crippen LogP contribution in [0.4, 0.5) is 22.1 Å². The van der Waals surface area contributed by atoms with Crippen LogP contribution in [0.2, 0.25) is 0 Å². The minimum atomic E-state index is -0.337. The Morgan fingerprint density at radius 1 is 1.21 bits per heavy atom. The average Bonchev–Trinajstić information content (AvgIpc) is 2.87. The first-order valence-corrected chi connectivity index (χ1v) is 9.09. The summed E-state index contributed by atoms with van der Waals surface area (Å²) >= 11 is 0. The predicted molar refractivity (Wildman–Crippen MR) is 108 cm³/mol. The number of rotatable bonds is 5. The molecule has 2 aromatic rings. The van der Waals surface area contributed by atoms with Crippen LogP contribution >= 0.6 is 0 Å². The highest BCUT2D eigenvalue weighted by Gasteiger charge is 2.20. The number of benzene rings is 1. The molecule has 0 bridgehead atoms. The molecule has 0 aliphatic carbocycles. The van der Waals surface area contributed by atoms with Gasteiger partial charge in [-0.3, -0.25) is 0 Å². The molecule has 28 heavy (non-hydrogen) atoms. The Kier molecular flexibility index (Phi) is 5.16. The lowest BCUT2D eigenvalue weighted by atomic mass is 10.1. The zero-order valence-electron chi connectivity index (χ0n) is 15.2.